The highest BCUT2D eigenvalue weighted by molar-refractivity contribution is 5.85. The van der Waals surface area contributed by atoms with Crippen molar-refractivity contribution in [3.8, 4) is 0 Å². The predicted molar refractivity (Wildman–Crippen MR) is 89.2 cm³/mol. The number of rotatable bonds is 3. The summed E-state index contributed by atoms with van der Waals surface area (Å²) in [6, 6.07) is 0. The van der Waals surface area contributed by atoms with Gasteiger partial charge in [-0.1, -0.05) is 26.7 Å². The van der Waals surface area contributed by atoms with Crippen LogP contribution < -0.4 is 0 Å². The summed E-state index contributed by atoms with van der Waals surface area (Å²) in [5.41, 5.74) is 1.17. The lowest BCUT2D eigenvalue weighted by Crippen LogP contribution is -2.24. The van der Waals surface area contributed by atoms with Crippen molar-refractivity contribution in [2.75, 3.05) is 0 Å². The number of carbonyl (C=O) groups is 1. The molecule has 126 valence electrons. The van der Waals surface area contributed by atoms with Crippen LogP contribution in [0.3, 0.4) is 0 Å². The van der Waals surface area contributed by atoms with Gasteiger partial charge in [0.25, 0.3) is 0 Å². The molecule has 0 amide bonds. The summed E-state index contributed by atoms with van der Waals surface area (Å²) in [6.45, 7) is 4.57. The summed E-state index contributed by atoms with van der Waals surface area (Å²) < 4.78 is 5.56. The van der Waals surface area contributed by atoms with Crippen LogP contribution in [0.25, 0.3) is 0 Å². The first-order valence-electron chi connectivity index (χ1n) is 9.14. The van der Waals surface area contributed by atoms with Crippen LogP contribution in [0.5, 0.6) is 0 Å². The number of nitrogens with zero attached hydrogens (tertiary/aromatic N) is 2. The number of aromatic nitrogens is 2. The minimum atomic E-state index is -0.367. The van der Waals surface area contributed by atoms with Crippen molar-refractivity contribution in [2.45, 2.75) is 77.2 Å². The minimum Gasteiger partial charge on any atom is -0.456 e. The monoisotopic (exact) mass is 316 g/mol. The van der Waals surface area contributed by atoms with E-state index in [4.69, 9.17) is 4.74 Å². The Balaban J connectivity index is 1.55. The standard InChI is InChI=1S/C19H28N2O2/c1-13-3-7-15(8-4-13)16-11-20-18(21-12-16)19(22)23-17-9-5-14(2)6-10-17/h11-15,17H,3-10H2,1-2H3. The maximum Gasteiger partial charge on any atom is 0.376 e. The number of ether oxygens (including phenoxy) is 1. The highest BCUT2D eigenvalue weighted by Crippen LogP contribution is 2.34. The van der Waals surface area contributed by atoms with Crippen molar-refractivity contribution in [3.05, 3.63) is 23.8 Å². The molecule has 1 heterocycles. The average molecular weight is 316 g/mol. The van der Waals surface area contributed by atoms with Crippen LogP contribution in [0, 0.1) is 11.8 Å². The number of carbonyl (C=O) groups excluding carboxylic acids is 1. The Bertz CT molecular complexity index is 513. The molecule has 0 spiro atoms. The molecule has 1 aromatic heterocycles. The highest BCUT2D eigenvalue weighted by atomic mass is 16.5. The Labute approximate surface area is 139 Å². The topological polar surface area (TPSA) is 52.1 Å². The van der Waals surface area contributed by atoms with Gasteiger partial charge < -0.3 is 4.74 Å². The minimum absolute atomic E-state index is 0.0433. The molecule has 0 saturated heterocycles. The Morgan fingerprint density at radius 1 is 0.913 bits per heavy atom. The van der Waals surface area contributed by atoms with Crippen molar-refractivity contribution in [2.24, 2.45) is 11.8 Å². The van der Waals surface area contributed by atoms with E-state index >= 15 is 0 Å². The number of esters is 1. The molecule has 2 saturated carbocycles. The second-order valence-electron chi connectivity index (χ2n) is 7.58. The van der Waals surface area contributed by atoms with Crippen LogP contribution >= 0.6 is 0 Å². The highest BCUT2D eigenvalue weighted by Gasteiger charge is 2.24. The van der Waals surface area contributed by atoms with Gasteiger partial charge in [0.1, 0.15) is 6.10 Å². The molecule has 2 aliphatic rings. The van der Waals surface area contributed by atoms with E-state index in [0.717, 1.165) is 37.5 Å². The molecule has 0 aliphatic heterocycles. The first-order valence-corrected chi connectivity index (χ1v) is 9.14. The van der Waals surface area contributed by atoms with Crippen molar-refractivity contribution in [1.29, 1.82) is 0 Å². The lowest BCUT2D eigenvalue weighted by Gasteiger charge is -2.26. The van der Waals surface area contributed by atoms with Crippen LogP contribution in [0.4, 0.5) is 0 Å². The van der Waals surface area contributed by atoms with Gasteiger partial charge in [0.05, 0.1) is 0 Å². The van der Waals surface area contributed by atoms with E-state index in [0.29, 0.717) is 5.92 Å². The summed E-state index contributed by atoms with van der Waals surface area (Å²) >= 11 is 0. The molecule has 4 heteroatoms. The lowest BCUT2D eigenvalue weighted by molar-refractivity contribution is 0.0160. The van der Waals surface area contributed by atoms with Gasteiger partial charge in [-0.15, -0.1) is 0 Å². The average Bonchev–Trinajstić information content (AvgIpc) is 2.58. The van der Waals surface area contributed by atoms with E-state index in [9.17, 15) is 4.79 Å². The first-order chi connectivity index (χ1) is 11.1. The third kappa shape index (κ3) is 4.30. The van der Waals surface area contributed by atoms with E-state index < -0.39 is 0 Å². The van der Waals surface area contributed by atoms with Gasteiger partial charge in [-0.25, -0.2) is 14.8 Å². The van der Waals surface area contributed by atoms with E-state index in [1.54, 1.807) is 0 Å². The molecular weight excluding hydrogens is 288 g/mol. The number of hydrogen-bond donors (Lipinski definition) is 0. The van der Waals surface area contributed by atoms with Gasteiger partial charge in [0.15, 0.2) is 0 Å². The maximum absolute atomic E-state index is 12.2. The fourth-order valence-corrected chi connectivity index (χ4v) is 3.80. The van der Waals surface area contributed by atoms with E-state index in [-0.39, 0.29) is 17.9 Å². The Morgan fingerprint density at radius 2 is 1.43 bits per heavy atom. The van der Waals surface area contributed by atoms with E-state index in [2.05, 4.69) is 23.8 Å². The molecule has 0 radical (unpaired) electrons. The fraction of sp³-hybridized carbons (Fsp3) is 0.737. The summed E-state index contributed by atoms with van der Waals surface area (Å²) in [5.74, 6) is 1.97. The second kappa shape index (κ2) is 7.41. The zero-order valence-electron chi connectivity index (χ0n) is 14.3. The van der Waals surface area contributed by atoms with Crippen molar-refractivity contribution >= 4 is 5.97 Å². The normalized spacial score (nSPS) is 31.6. The molecule has 0 bridgehead atoms. The maximum atomic E-state index is 12.2. The third-order valence-corrected chi connectivity index (χ3v) is 5.58. The largest absolute Gasteiger partial charge is 0.456 e. The quantitative estimate of drug-likeness (QED) is 0.770. The Kier molecular flexibility index (Phi) is 5.29. The third-order valence-electron chi connectivity index (χ3n) is 5.58. The number of hydrogen-bond acceptors (Lipinski definition) is 4. The summed E-state index contributed by atoms with van der Waals surface area (Å²) in [4.78, 5) is 20.7. The molecule has 0 aromatic carbocycles. The molecule has 0 N–H and O–H groups in total. The van der Waals surface area contributed by atoms with Gasteiger partial charge in [-0.05, 0) is 61.8 Å². The molecule has 2 fully saturated rings. The van der Waals surface area contributed by atoms with E-state index in [1.165, 1.54) is 31.2 Å². The van der Waals surface area contributed by atoms with Crippen LogP contribution in [0.1, 0.15) is 87.3 Å². The molecular formula is C19H28N2O2. The smallest absolute Gasteiger partial charge is 0.376 e. The van der Waals surface area contributed by atoms with Crippen LogP contribution in [-0.2, 0) is 4.74 Å². The van der Waals surface area contributed by atoms with Crippen LogP contribution in [0.15, 0.2) is 12.4 Å². The van der Waals surface area contributed by atoms with Gasteiger partial charge in [0.2, 0.25) is 5.82 Å². The van der Waals surface area contributed by atoms with Crippen molar-refractivity contribution < 1.29 is 9.53 Å². The summed E-state index contributed by atoms with van der Waals surface area (Å²) in [7, 11) is 0. The Morgan fingerprint density at radius 3 is 2.00 bits per heavy atom. The molecule has 0 atom stereocenters. The molecule has 0 unspecified atom stereocenters. The van der Waals surface area contributed by atoms with Gasteiger partial charge in [-0.3, -0.25) is 0 Å². The molecule has 4 nitrogen and oxygen atoms in total. The Hall–Kier alpha value is -1.45. The summed E-state index contributed by atoms with van der Waals surface area (Å²) in [5, 5.41) is 0. The van der Waals surface area contributed by atoms with Gasteiger partial charge in [-0.2, -0.15) is 0 Å². The molecule has 23 heavy (non-hydrogen) atoms. The van der Waals surface area contributed by atoms with Crippen LogP contribution in [0.2, 0.25) is 0 Å². The molecule has 2 aliphatic carbocycles. The van der Waals surface area contributed by atoms with Crippen LogP contribution in [-0.4, -0.2) is 22.0 Å². The van der Waals surface area contributed by atoms with E-state index in [1.807, 2.05) is 12.4 Å². The lowest BCUT2D eigenvalue weighted by atomic mass is 9.80. The summed E-state index contributed by atoms with van der Waals surface area (Å²) in [6.07, 6.45) is 12.8. The van der Waals surface area contributed by atoms with Gasteiger partial charge in [0, 0.05) is 12.4 Å². The molecule has 1 aromatic rings. The van der Waals surface area contributed by atoms with Gasteiger partial charge >= 0.3 is 5.97 Å². The zero-order chi connectivity index (χ0) is 16.2. The second-order valence-corrected chi connectivity index (χ2v) is 7.58. The zero-order valence-corrected chi connectivity index (χ0v) is 14.3. The van der Waals surface area contributed by atoms with Crippen molar-refractivity contribution in [3.63, 3.8) is 0 Å². The molecule has 3 rings (SSSR count). The van der Waals surface area contributed by atoms with Crippen molar-refractivity contribution in [1.82, 2.24) is 9.97 Å². The fourth-order valence-electron chi connectivity index (χ4n) is 3.80. The SMILES string of the molecule is CC1CCC(OC(=O)c2ncc(C3CCC(C)CC3)cn2)CC1. The predicted octanol–water partition coefficient (Wildman–Crippen LogP) is 4.51. The first kappa shape index (κ1) is 16.4.